The van der Waals surface area contributed by atoms with Crippen molar-refractivity contribution in [2.24, 2.45) is 5.92 Å². The molecule has 1 saturated carbocycles. The molecule has 2 fully saturated rings. The van der Waals surface area contributed by atoms with E-state index in [0.29, 0.717) is 0 Å². The first-order chi connectivity index (χ1) is 13.8. The van der Waals surface area contributed by atoms with Gasteiger partial charge >= 0.3 is 0 Å². The molecular weight excluding hydrogens is 355 g/mol. The number of aromatic nitrogens is 4. The molecule has 0 unspecified atom stereocenters. The van der Waals surface area contributed by atoms with Crippen molar-refractivity contribution in [3.8, 4) is 0 Å². The van der Waals surface area contributed by atoms with Crippen LogP contribution in [-0.2, 0) is 13.0 Å². The number of hydrogen-bond acceptors (Lipinski definition) is 5. The Morgan fingerprint density at radius 1 is 1.04 bits per heavy atom. The van der Waals surface area contributed by atoms with Crippen molar-refractivity contribution in [1.82, 2.24) is 24.9 Å². The van der Waals surface area contributed by atoms with E-state index in [4.69, 9.17) is 0 Å². The van der Waals surface area contributed by atoms with Gasteiger partial charge in [0.2, 0.25) is 5.95 Å². The highest BCUT2D eigenvalue weighted by molar-refractivity contribution is 5.38. The fourth-order valence-corrected chi connectivity index (χ4v) is 4.43. The first-order valence-corrected chi connectivity index (χ1v) is 10.7. The Balaban J connectivity index is 1.16. The summed E-state index contributed by atoms with van der Waals surface area (Å²) in [5, 5.41) is 8.70. The van der Waals surface area contributed by atoms with Gasteiger partial charge in [-0.15, -0.1) is 5.10 Å². The number of hydrogen-bond donors (Lipinski definition) is 0. The molecule has 3 heterocycles. The summed E-state index contributed by atoms with van der Waals surface area (Å²) in [4.78, 5) is 8.63. The van der Waals surface area contributed by atoms with Crippen LogP contribution in [0.2, 0.25) is 0 Å². The van der Waals surface area contributed by atoms with Crippen LogP contribution < -0.4 is 4.90 Å². The summed E-state index contributed by atoms with van der Waals surface area (Å²) >= 11 is 0. The number of pyridine rings is 1. The van der Waals surface area contributed by atoms with E-state index in [9.17, 15) is 4.39 Å². The molecule has 7 heteroatoms. The molecule has 2 aliphatic rings. The molecule has 0 spiro atoms. The second-order valence-corrected chi connectivity index (χ2v) is 8.19. The summed E-state index contributed by atoms with van der Waals surface area (Å²) in [6.07, 6.45) is 11.0. The van der Waals surface area contributed by atoms with Crippen molar-refractivity contribution in [3.05, 3.63) is 36.0 Å². The fourth-order valence-electron chi connectivity index (χ4n) is 4.43. The quantitative estimate of drug-likeness (QED) is 0.684. The minimum atomic E-state index is -0.406. The molecule has 0 N–H and O–H groups in total. The minimum absolute atomic E-state index is 0.406. The molecule has 0 aromatic carbocycles. The summed E-state index contributed by atoms with van der Waals surface area (Å²) < 4.78 is 15.4. The molecule has 2 aromatic rings. The molecule has 1 aliphatic carbocycles. The Hall–Kier alpha value is -2.02. The van der Waals surface area contributed by atoms with Gasteiger partial charge in [0.25, 0.3) is 0 Å². The Morgan fingerprint density at radius 2 is 1.86 bits per heavy atom. The summed E-state index contributed by atoms with van der Waals surface area (Å²) in [6, 6.07) is 5.01. The van der Waals surface area contributed by atoms with Gasteiger partial charge < -0.3 is 4.90 Å². The van der Waals surface area contributed by atoms with Gasteiger partial charge in [-0.3, -0.25) is 9.58 Å². The SMILES string of the molecule is Fc1cccc(N2CCN(CCCc3cn(CC4CCCCC4)nn3)CC2)n1. The van der Waals surface area contributed by atoms with E-state index in [-0.39, 0.29) is 0 Å². The lowest BCUT2D eigenvalue weighted by molar-refractivity contribution is 0.254. The largest absolute Gasteiger partial charge is 0.354 e. The van der Waals surface area contributed by atoms with Crippen LogP contribution in [0.4, 0.5) is 10.2 Å². The Morgan fingerprint density at radius 3 is 2.64 bits per heavy atom. The molecule has 152 valence electrons. The zero-order valence-corrected chi connectivity index (χ0v) is 16.6. The van der Waals surface area contributed by atoms with Gasteiger partial charge in [-0.2, -0.15) is 4.39 Å². The molecule has 6 nitrogen and oxygen atoms in total. The number of piperazine rings is 1. The van der Waals surface area contributed by atoms with E-state index in [1.807, 2.05) is 6.07 Å². The molecule has 1 saturated heterocycles. The highest BCUT2D eigenvalue weighted by Gasteiger charge is 2.18. The predicted octanol–water partition coefficient (Wildman–Crippen LogP) is 3.15. The monoisotopic (exact) mass is 386 g/mol. The third kappa shape index (κ3) is 5.28. The molecular formula is C21H31FN6. The zero-order valence-electron chi connectivity index (χ0n) is 16.6. The maximum absolute atomic E-state index is 13.3. The number of rotatable bonds is 7. The van der Waals surface area contributed by atoms with Crippen molar-refractivity contribution in [3.63, 3.8) is 0 Å². The van der Waals surface area contributed by atoms with Crippen molar-refractivity contribution >= 4 is 5.82 Å². The summed E-state index contributed by atoms with van der Waals surface area (Å²) in [6.45, 7) is 5.88. The number of nitrogens with zero attached hydrogens (tertiary/aromatic N) is 6. The van der Waals surface area contributed by atoms with Crippen molar-refractivity contribution in [1.29, 1.82) is 0 Å². The third-order valence-corrected chi connectivity index (χ3v) is 6.06. The molecule has 28 heavy (non-hydrogen) atoms. The number of halogens is 1. The van der Waals surface area contributed by atoms with E-state index >= 15 is 0 Å². The fraction of sp³-hybridized carbons (Fsp3) is 0.667. The summed E-state index contributed by atoms with van der Waals surface area (Å²) in [5.41, 5.74) is 1.11. The standard InChI is InChI=1S/C21H31FN6/c22-20-9-4-10-21(23-20)27-14-12-26(13-15-27)11-5-8-19-17-28(25-24-19)16-18-6-2-1-3-7-18/h4,9-10,17-18H,1-3,5-8,11-16H2. The van der Waals surface area contributed by atoms with Crippen molar-refractivity contribution < 1.29 is 4.39 Å². The topological polar surface area (TPSA) is 50.1 Å². The van der Waals surface area contributed by atoms with Crippen LogP contribution in [0.5, 0.6) is 0 Å². The molecule has 2 aromatic heterocycles. The average molecular weight is 387 g/mol. The van der Waals surface area contributed by atoms with Crippen LogP contribution in [0.3, 0.4) is 0 Å². The second-order valence-electron chi connectivity index (χ2n) is 8.19. The van der Waals surface area contributed by atoms with Crippen LogP contribution in [0, 0.1) is 11.9 Å². The van der Waals surface area contributed by atoms with Gasteiger partial charge in [-0.1, -0.05) is 30.5 Å². The second kappa shape index (κ2) is 9.45. The minimum Gasteiger partial charge on any atom is -0.354 e. The van der Waals surface area contributed by atoms with Gasteiger partial charge in [0.1, 0.15) is 5.82 Å². The smallest absolute Gasteiger partial charge is 0.214 e. The predicted molar refractivity (Wildman–Crippen MR) is 108 cm³/mol. The van der Waals surface area contributed by atoms with Crippen LogP contribution in [-0.4, -0.2) is 57.6 Å². The van der Waals surface area contributed by atoms with E-state index in [0.717, 1.165) is 69.5 Å². The Labute approximate surface area is 166 Å². The lowest BCUT2D eigenvalue weighted by Gasteiger charge is -2.35. The molecule has 4 rings (SSSR count). The van der Waals surface area contributed by atoms with Crippen LogP contribution in [0.1, 0.15) is 44.2 Å². The van der Waals surface area contributed by atoms with E-state index in [1.165, 1.54) is 38.2 Å². The van der Waals surface area contributed by atoms with Gasteiger partial charge in [-0.25, -0.2) is 4.98 Å². The molecule has 0 bridgehead atoms. The van der Waals surface area contributed by atoms with Gasteiger partial charge in [0.05, 0.1) is 5.69 Å². The maximum Gasteiger partial charge on any atom is 0.214 e. The van der Waals surface area contributed by atoms with Crippen LogP contribution in [0.25, 0.3) is 0 Å². The highest BCUT2D eigenvalue weighted by Crippen LogP contribution is 2.24. The number of aryl methyl sites for hydroxylation is 1. The van der Waals surface area contributed by atoms with Crippen molar-refractivity contribution in [2.75, 3.05) is 37.6 Å². The zero-order chi connectivity index (χ0) is 19.2. The lowest BCUT2D eigenvalue weighted by atomic mass is 9.89. The Kier molecular flexibility index (Phi) is 6.52. The third-order valence-electron chi connectivity index (χ3n) is 6.06. The van der Waals surface area contributed by atoms with Crippen LogP contribution >= 0.6 is 0 Å². The molecule has 1 aliphatic heterocycles. The first kappa shape index (κ1) is 19.3. The maximum atomic E-state index is 13.3. The van der Waals surface area contributed by atoms with E-state index in [2.05, 4.69) is 36.0 Å². The number of anilines is 1. The molecule has 0 amide bonds. The summed E-state index contributed by atoms with van der Waals surface area (Å²) in [5.74, 6) is 1.12. The normalized spacial score (nSPS) is 19.2. The Bertz CT molecular complexity index is 734. The summed E-state index contributed by atoms with van der Waals surface area (Å²) in [7, 11) is 0. The van der Waals surface area contributed by atoms with Gasteiger partial charge in [0.15, 0.2) is 0 Å². The van der Waals surface area contributed by atoms with Gasteiger partial charge in [-0.05, 0) is 50.3 Å². The van der Waals surface area contributed by atoms with E-state index < -0.39 is 5.95 Å². The van der Waals surface area contributed by atoms with Crippen molar-refractivity contribution in [2.45, 2.75) is 51.5 Å². The molecule has 0 radical (unpaired) electrons. The molecule has 0 atom stereocenters. The highest BCUT2D eigenvalue weighted by atomic mass is 19.1. The first-order valence-electron chi connectivity index (χ1n) is 10.7. The van der Waals surface area contributed by atoms with Gasteiger partial charge in [0, 0.05) is 38.9 Å². The lowest BCUT2D eigenvalue weighted by Crippen LogP contribution is -2.47. The van der Waals surface area contributed by atoms with E-state index in [1.54, 1.807) is 6.07 Å². The van der Waals surface area contributed by atoms with Crippen LogP contribution in [0.15, 0.2) is 24.4 Å². The average Bonchev–Trinajstić information content (AvgIpc) is 3.16.